The van der Waals surface area contributed by atoms with Gasteiger partial charge in [-0.2, -0.15) is 0 Å². The van der Waals surface area contributed by atoms with E-state index in [0.717, 1.165) is 50.5 Å². The molecule has 1 aromatic rings. The van der Waals surface area contributed by atoms with Gasteiger partial charge >= 0.3 is 5.97 Å². The first-order valence-corrected chi connectivity index (χ1v) is 14.9. The van der Waals surface area contributed by atoms with Gasteiger partial charge < -0.3 is 15.2 Å². The van der Waals surface area contributed by atoms with E-state index in [1.54, 1.807) is 6.92 Å². The van der Waals surface area contributed by atoms with Crippen molar-refractivity contribution >= 4 is 34.0 Å². The van der Waals surface area contributed by atoms with Gasteiger partial charge in [0.25, 0.3) is 0 Å². The van der Waals surface area contributed by atoms with Gasteiger partial charge in [0.2, 0.25) is 5.91 Å². The van der Waals surface area contributed by atoms with Gasteiger partial charge in [-0.25, -0.2) is 4.79 Å². The van der Waals surface area contributed by atoms with Gasteiger partial charge in [-0.15, -0.1) is 11.3 Å². The molecule has 6 nitrogen and oxygen atoms in total. The van der Waals surface area contributed by atoms with E-state index in [1.165, 1.54) is 30.3 Å². The maximum atomic E-state index is 13.2. The molecule has 202 valence electrons. The van der Waals surface area contributed by atoms with Crippen molar-refractivity contribution < 1.29 is 24.2 Å². The Balaban J connectivity index is 1.45. The zero-order valence-electron chi connectivity index (χ0n) is 22.6. The largest absolute Gasteiger partial charge is 0.462 e. The fraction of sp³-hybridized carbons (Fsp3) is 0.700. The van der Waals surface area contributed by atoms with Crippen molar-refractivity contribution in [3.8, 4) is 0 Å². The number of Topliss-reactive ketones (excluding diaryl/α,β-unsaturated/α-hetero) is 1. The van der Waals surface area contributed by atoms with Crippen LogP contribution in [0, 0.1) is 28.6 Å². The summed E-state index contributed by atoms with van der Waals surface area (Å²) in [5.41, 5.74) is 3.26. The molecule has 2 N–H and O–H groups in total. The molecule has 0 radical (unpaired) electrons. The van der Waals surface area contributed by atoms with Gasteiger partial charge in [-0.05, 0) is 111 Å². The minimum Gasteiger partial charge on any atom is -0.462 e. The molecule has 37 heavy (non-hydrogen) atoms. The van der Waals surface area contributed by atoms with Crippen molar-refractivity contribution in [3.05, 3.63) is 28.2 Å². The van der Waals surface area contributed by atoms with E-state index in [9.17, 15) is 19.5 Å². The van der Waals surface area contributed by atoms with Crippen LogP contribution in [-0.2, 0) is 14.3 Å². The average Bonchev–Trinajstić information content (AvgIpc) is 3.39. The van der Waals surface area contributed by atoms with E-state index in [-0.39, 0.29) is 41.7 Å². The molecule has 0 aliphatic heterocycles. The predicted octanol–water partition coefficient (Wildman–Crippen LogP) is 6.25. The summed E-state index contributed by atoms with van der Waals surface area (Å²) in [4.78, 5) is 37.0. The Bertz CT molecular complexity index is 1120. The second-order valence-corrected chi connectivity index (χ2v) is 13.3. The van der Waals surface area contributed by atoms with Crippen LogP contribution in [-0.4, -0.2) is 35.5 Å². The zero-order chi connectivity index (χ0) is 26.5. The molecule has 1 amide bonds. The van der Waals surface area contributed by atoms with Crippen LogP contribution in [0.3, 0.4) is 0 Å². The van der Waals surface area contributed by atoms with Crippen LogP contribution in [0.1, 0.15) is 107 Å². The van der Waals surface area contributed by atoms with Gasteiger partial charge in [0, 0.05) is 0 Å². The number of ketones is 1. The number of ether oxygens (including phenoxy) is 1. The lowest BCUT2D eigenvalue weighted by Crippen LogP contribution is -2.50. The number of rotatable bonds is 6. The number of anilines is 1. The summed E-state index contributed by atoms with van der Waals surface area (Å²) < 4.78 is 5.45. The Labute approximate surface area is 224 Å². The third-order valence-electron chi connectivity index (χ3n) is 10.4. The molecule has 0 bridgehead atoms. The number of allylic oxidation sites excluding steroid dienone is 1. The zero-order valence-corrected chi connectivity index (χ0v) is 23.4. The summed E-state index contributed by atoms with van der Waals surface area (Å²) in [5, 5.41) is 15.7. The van der Waals surface area contributed by atoms with E-state index in [2.05, 4.69) is 25.2 Å². The number of carbonyl (C=O) groups is 3. The summed E-state index contributed by atoms with van der Waals surface area (Å²) >= 11 is 1.37. The number of esters is 1. The molecule has 5 rings (SSSR count). The number of thiophene rings is 1. The fourth-order valence-corrected chi connectivity index (χ4v) is 9.70. The minimum absolute atomic E-state index is 0.0834. The Morgan fingerprint density at radius 2 is 1.92 bits per heavy atom. The number of fused-ring (bicyclic) bond motifs is 5. The summed E-state index contributed by atoms with van der Waals surface area (Å²) in [7, 11) is 0. The molecular weight excluding hydrogens is 486 g/mol. The summed E-state index contributed by atoms with van der Waals surface area (Å²) in [6, 6.07) is 0. The maximum Gasteiger partial charge on any atom is 0.341 e. The van der Waals surface area contributed by atoms with Crippen LogP contribution in [0.5, 0.6) is 0 Å². The van der Waals surface area contributed by atoms with Gasteiger partial charge in [-0.1, -0.05) is 25.5 Å². The third kappa shape index (κ3) is 4.50. The van der Waals surface area contributed by atoms with Crippen LogP contribution >= 0.6 is 11.3 Å². The van der Waals surface area contributed by atoms with Gasteiger partial charge in [0.1, 0.15) is 10.8 Å². The van der Waals surface area contributed by atoms with E-state index in [0.29, 0.717) is 28.3 Å². The number of aliphatic hydroxyl groups is 1. The molecule has 3 fully saturated rings. The molecule has 4 aliphatic carbocycles. The highest BCUT2D eigenvalue weighted by atomic mass is 32.1. The van der Waals surface area contributed by atoms with Crippen molar-refractivity contribution in [1.82, 2.24) is 0 Å². The monoisotopic (exact) mass is 527 g/mol. The summed E-state index contributed by atoms with van der Waals surface area (Å²) in [5.74, 6) is 1.12. The Morgan fingerprint density at radius 1 is 1.14 bits per heavy atom. The number of amides is 1. The lowest BCUT2D eigenvalue weighted by Gasteiger charge is -2.58. The van der Waals surface area contributed by atoms with Crippen molar-refractivity contribution in [2.24, 2.45) is 28.6 Å². The number of hydrogen-bond acceptors (Lipinski definition) is 6. The molecule has 0 saturated heterocycles. The highest BCUT2D eigenvalue weighted by Gasteiger charge is 2.59. The normalized spacial score (nSPS) is 36.6. The highest BCUT2D eigenvalue weighted by Crippen LogP contribution is 2.68. The van der Waals surface area contributed by atoms with E-state index in [1.807, 2.05) is 5.38 Å². The topological polar surface area (TPSA) is 92.7 Å². The second-order valence-electron chi connectivity index (χ2n) is 12.4. The molecule has 7 heteroatoms. The van der Waals surface area contributed by atoms with Crippen LogP contribution < -0.4 is 5.32 Å². The van der Waals surface area contributed by atoms with Crippen molar-refractivity contribution in [3.63, 3.8) is 0 Å². The van der Waals surface area contributed by atoms with E-state index in [4.69, 9.17) is 4.74 Å². The SMILES string of the molecule is CCOC(=O)c1c([C@H]2CC[C@H]3[C@@H]4CC=C5C[C@@H](O)CC[C@]5(C)[C@H]4CC[C@]23C)csc1NC(=O)CC(C)=O. The first kappa shape index (κ1) is 26.6. The van der Waals surface area contributed by atoms with Crippen molar-refractivity contribution in [2.75, 3.05) is 11.9 Å². The third-order valence-corrected chi connectivity index (χ3v) is 11.3. The standard InChI is InChI=1S/C30H41NO5S/c1-5-36-28(35)26-21(16-37-27(26)31-25(34)14-17(2)32)23-9-8-22-20-7-6-18-15-19(33)10-12-29(18,3)24(20)11-13-30(22,23)4/h6,16,19-20,22-24,33H,5,7-15H2,1-4H3,(H,31,34)/t19-,20-,22-,23+,24-,29-,30-/m0/s1. The Morgan fingerprint density at radius 3 is 2.65 bits per heavy atom. The maximum absolute atomic E-state index is 13.2. The molecule has 0 aromatic carbocycles. The van der Waals surface area contributed by atoms with Gasteiger partial charge in [0.05, 0.1) is 24.7 Å². The first-order valence-electron chi connectivity index (χ1n) is 14.0. The molecule has 0 unspecified atom stereocenters. The quantitative estimate of drug-likeness (QED) is 0.259. The first-order chi connectivity index (χ1) is 17.6. The number of aliphatic hydroxyl groups excluding tert-OH is 1. The second kappa shape index (κ2) is 9.96. The van der Waals surface area contributed by atoms with Crippen LogP contribution in [0.15, 0.2) is 17.0 Å². The van der Waals surface area contributed by atoms with E-state index < -0.39 is 11.9 Å². The van der Waals surface area contributed by atoms with Crippen molar-refractivity contribution in [2.45, 2.75) is 97.5 Å². The smallest absolute Gasteiger partial charge is 0.341 e. The number of carbonyl (C=O) groups excluding carboxylic acids is 3. The Hall–Kier alpha value is -1.99. The Kier molecular flexibility index (Phi) is 7.16. The van der Waals surface area contributed by atoms with Crippen LogP contribution in [0.2, 0.25) is 0 Å². The summed E-state index contributed by atoms with van der Waals surface area (Å²) in [6.45, 7) is 8.33. The molecule has 1 aromatic heterocycles. The molecule has 0 spiro atoms. The van der Waals surface area contributed by atoms with E-state index >= 15 is 0 Å². The minimum atomic E-state index is -0.392. The average molecular weight is 528 g/mol. The highest BCUT2D eigenvalue weighted by molar-refractivity contribution is 7.15. The van der Waals surface area contributed by atoms with Crippen molar-refractivity contribution in [1.29, 1.82) is 0 Å². The fourth-order valence-electron chi connectivity index (χ4n) is 8.68. The molecular formula is C30H41NO5S. The number of hydrogen-bond donors (Lipinski definition) is 2. The lowest BCUT2D eigenvalue weighted by molar-refractivity contribution is -0.124. The number of nitrogens with one attached hydrogen (secondary N) is 1. The lowest BCUT2D eigenvalue weighted by atomic mass is 9.47. The molecule has 3 saturated carbocycles. The van der Waals surface area contributed by atoms with Gasteiger partial charge in [-0.3, -0.25) is 9.59 Å². The molecule has 4 aliphatic rings. The molecule has 7 atom stereocenters. The molecule has 1 heterocycles. The summed E-state index contributed by atoms with van der Waals surface area (Å²) in [6.07, 6.45) is 10.5. The van der Waals surface area contributed by atoms with Crippen LogP contribution in [0.4, 0.5) is 5.00 Å². The van der Waals surface area contributed by atoms with Gasteiger partial charge in [0.15, 0.2) is 0 Å². The van der Waals surface area contributed by atoms with Crippen LogP contribution in [0.25, 0.3) is 0 Å². The predicted molar refractivity (Wildman–Crippen MR) is 145 cm³/mol.